The van der Waals surface area contributed by atoms with Gasteiger partial charge in [-0.05, 0) is 54.4 Å². The highest BCUT2D eigenvalue weighted by Gasteiger charge is 2.33. The molecule has 0 unspecified atom stereocenters. The number of amides is 1. The summed E-state index contributed by atoms with van der Waals surface area (Å²) >= 11 is 11.2. The molecule has 0 saturated carbocycles. The second-order valence-electron chi connectivity index (χ2n) is 5.38. The van der Waals surface area contributed by atoms with Gasteiger partial charge in [-0.15, -0.1) is 0 Å². The molecule has 0 radical (unpaired) electrons. The Balaban J connectivity index is 2.59. The fraction of sp³-hybridized carbons (Fsp3) is 0.118. The summed E-state index contributed by atoms with van der Waals surface area (Å²) in [6.07, 6.45) is 0. The minimum Gasteiger partial charge on any atom is -0.268 e. The number of thioether (sulfide) groups is 1. The van der Waals surface area contributed by atoms with E-state index in [0.29, 0.717) is 9.71 Å². The number of hydrogen-bond donors (Lipinski definition) is 0. The summed E-state index contributed by atoms with van der Waals surface area (Å²) in [6, 6.07) is 10.7. The zero-order chi connectivity index (χ0) is 21.1. The van der Waals surface area contributed by atoms with Crippen LogP contribution in [0.2, 0.25) is 10.0 Å². The molecular weight excluding hydrogens is 458 g/mol. The maximum atomic E-state index is 13.1. The Morgan fingerprint density at radius 2 is 1.61 bits per heavy atom. The van der Waals surface area contributed by atoms with Crippen LogP contribution in [0.25, 0.3) is 0 Å². The first-order valence-electron chi connectivity index (χ1n) is 7.44. The second-order valence-corrected chi connectivity index (χ2v) is 8.97. The Hall–Kier alpha value is -1.68. The topological polar surface area (TPSA) is 54.5 Å². The molecule has 2 aromatic rings. The van der Waals surface area contributed by atoms with E-state index in [2.05, 4.69) is 0 Å². The molecule has 0 aliphatic carbocycles. The molecule has 0 N–H and O–H groups in total. The number of nitrogens with zero attached hydrogens (tertiary/aromatic N) is 1. The van der Waals surface area contributed by atoms with Gasteiger partial charge in [0.1, 0.15) is 0 Å². The van der Waals surface area contributed by atoms with Gasteiger partial charge in [-0.2, -0.15) is 17.5 Å². The van der Waals surface area contributed by atoms with Crippen LogP contribution in [0.15, 0.2) is 64.4 Å². The first-order chi connectivity index (χ1) is 12.9. The molecular formula is C17H12Cl2F3NO3S2. The highest BCUT2D eigenvalue weighted by Crippen LogP contribution is 2.33. The van der Waals surface area contributed by atoms with Crippen molar-refractivity contribution in [1.82, 2.24) is 0 Å². The summed E-state index contributed by atoms with van der Waals surface area (Å²) in [5.74, 6) is -1.14. The monoisotopic (exact) mass is 469 g/mol. The molecule has 0 saturated heterocycles. The third-order valence-electron chi connectivity index (χ3n) is 3.26. The number of hydrogen-bond acceptors (Lipinski definition) is 4. The number of para-hydroxylation sites is 1. The molecule has 150 valence electrons. The second kappa shape index (κ2) is 8.77. The first-order valence-corrected chi connectivity index (χ1v) is 10.5. The van der Waals surface area contributed by atoms with Crippen molar-refractivity contribution >= 4 is 56.6 Å². The van der Waals surface area contributed by atoms with E-state index in [1.807, 2.05) is 0 Å². The van der Waals surface area contributed by atoms with Gasteiger partial charge in [-0.25, -0.2) is 8.42 Å². The van der Waals surface area contributed by atoms with E-state index >= 15 is 0 Å². The molecule has 0 fully saturated rings. The van der Waals surface area contributed by atoms with Crippen molar-refractivity contribution in [3.05, 3.63) is 69.6 Å². The van der Waals surface area contributed by atoms with E-state index in [1.54, 1.807) is 6.07 Å². The summed E-state index contributed by atoms with van der Waals surface area (Å²) in [5.41, 5.74) is -5.07. The van der Waals surface area contributed by atoms with Crippen LogP contribution in [0.3, 0.4) is 0 Å². The predicted molar refractivity (Wildman–Crippen MR) is 105 cm³/mol. The number of benzene rings is 2. The van der Waals surface area contributed by atoms with Gasteiger partial charge in [0, 0.05) is 15.6 Å². The molecule has 2 rings (SSSR count). The van der Waals surface area contributed by atoms with Crippen molar-refractivity contribution in [1.29, 1.82) is 0 Å². The molecule has 0 atom stereocenters. The average Bonchev–Trinajstić information content (AvgIpc) is 2.59. The van der Waals surface area contributed by atoms with Gasteiger partial charge in [0.05, 0.1) is 10.6 Å². The summed E-state index contributed by atoms with van der Waals surface area (Å²) in [7, 11) is -4.51. The van der Waals surface area contributed by atoms with Gasteiger partial charge in [-0.1, -0.05) is 41.4 Å². The molecule has 28 heavy (non-hydrogen) atoms. The lowest BCUT2D eigenvalue weighted by Gasteiger charge is -2.23. The highest BCUT2D eigenvalue weighted by molar-refractivity contribution is 8.03. The van der Waals surface area contributed by atoms with E-state index in [0.717, 1.165) is 19.1 Å². The number of carbonyl (C=O) groups excluding carboxylic acids is 1. The lowest BCUT2D eigenvalue weighted by atomic mass is 10.3. The minimum absolute atomic E-state index is 0.0198. The molecule has 0 heterocycles. The summed E-state index contributed by atoms with van der Waals surface area (Å²) in [6.45, 7) is 1.09. The molecule has 11 heteroatoms. The van der Waals surface area contributed by atoms with Crippen molar-refractivity contribution in [2.45, 2.75) is 17.3 Å². The van der Waals surface area contributed by atoms with Crippen LogP contribution in [0.4, 0.5) is 18.9 Å². The number of carbonyl (C=O) groups is 1. The normalized spacial score (nSPS) is 12.7. The van der Waals surface area contributed by atoms with E-state index in [4.69, 9.17) is 23.2 Å². The molecule has 0 aromatic heterocycles. The Labute approximate surface area is 174 Å². The van der Waals surface area contributed by atoms with Crippen LogP contribution in [0.5, 0.6) is 0 Å². The smallest absolute Gasteiger partial charge is 0.268 e. The molecule has 1 amide bonds. The summed E-state index contributed by atoms with van der Waals surface area (Å²) < 4.78 is 64.0. The summed E-state index contributed by atoms with van der Waals surface area (Å²) in [4.78, 5) is 12.4. The van der Waals surface area contributed by atoms with Gasteiger partial charge in [0.15, 0.2) is 0 Å². The number of sulfonamides is 1. The number of halogens is 5. The van der Waals surface area contributed by atoms with Crippen molar-refractivity contribution in [2.24, 2.45) is 0 Å². The quantitative estimate of drug-likeness (QED) is 0.513. The van der Waals surface area contributed by atoms with E-state index < -0.39 is 38.8 Å². The standard InChI is InChI=1S/C17H12Cl2F3NO3S2/c1-11(10-27-17(20,21)22)16(24)23(14-5-3-2-4-6-14)28(25,26)15-8-12(18)7-13(19)9-15/h2-10H,1H3. The predicted octanol–water partition coefficient (Wildman–Crippen LogP) is 5.87. The molecule has 4 nitrogen and oxygen atoms in total. The lowest BCUT2D eigenvalue weighted by Crippen LogP contribution is -2.37. The van der Waals surface area contributed by atoms with Gasteiger partial charge < -0.3 is 0 Å². The Morgan fingerprint density at radius 1 is 1.07 bits per heavy atom. The molecule has 0 spiro atoms. The van der Waals surface area contributed by atoms with Crippen molar-refractivity contribution in [3.8, 4) is 0 Å². The van der Waals surface area contributed by atoms with Gasteiger partial charge in [-0.3, -0.25) is 4.79 Å². The van der Waals surface area contributed by atoms with E-state index in [9.17, 15) is 26.4 Å². The fourth-order valence-corrected chi connectivity index (χ4v) is 4.67. The Kier molecular flexibility index (Phi) is 7.08. The van der Waals surface area contributed by atoms with Crippen LogP contribution in [-0.2, 0) is 14.8 Å². The zero-order valence-corrected chi connectivity index (χ0v) is 17.2. The third kappa shape index (κ3) is 5.66. The van der Waals surface area contributed by atoms with E-state index in [-0.39, 0.29) is 20.6 Å². The maximum Gasteiger partial charge on any atom is 0.445 e. The van der Waals surface area contributed by atoms with Crippen LogP contribution in [0.1, 0.15) is 6.92 Å². The molecule has 0 bridgehead atoms. The van der Waals surface area contributed by atoms with Crippen molar-refractivity contribution < 1.29 is 26.4 Å². The van der Waals surface area contributed by atoms with Crippen LogP contribution < -0.4 is 4.31 Å². The van der Waals surface area contributed by atoms with Gasteiger partial charge in [0.2, 0.25) is 0 Å². The van der Waals surface area contributed by atoms with Crippen LogP contribution in [0, 0.1) is 0 Å². The Bertz CT molecular complexity index is 990. The number of anilines is 1. The first kappa shape index (κ1) is 22.6. The third-order valence-corrected chi connectivity index (χ3v) is 6.12. The van der Waals surface area contributed by atoms with E-state index in [1.165, 1.54) is 30.3 Å². The van der Waals surface area contributed by atoms with Crippen LogP contribution in [-0.4, -0.2) is 19.8 Å². The van der Waals surface area contributed by atoms with Gasteiger partial charge >= 0.3 is 5.51 Å². The average molecular weight is 470 g/mol. The molecule has 0 aliphatic rings. The molecule has 0 aliphatic heterocycles. The zero-order valence-electron chi connectivity index (χ0n) is 14.1. The van der Waals surface area contributed by atoms with Gasteiger partial charge in [0.25, 0.3) is 15.9 Å². The number of alkyl halides is 3. The highest BCUT2D eigenvalue weighted by atomic mass is 35.5. The number of rotatable bonds is 5. The maximum absolute atomic E-state index is 13.1. The fourth-order valence-electron chi connectivity index (χ4n) is 2.08. The lowest BCUT2D eigenvalue weighted by molar-refractivity contribution is -0.114. The summed E-state index contributed by atoms with van der Waals surface area (Å²) in [5, 5.41) is 0.594. The largest absolute Gasteiger partial charge is 0.445 e. The van der Waals surface area contributed by atoms with Crippen molar-refractivity contribution in [2.75, 3.05) is 4.31 Å². The van der Waals surface area contributed by atoms with Crippen molar-refractivity contribution in [3.63, 3.8) is 0 Å². The Morgan fingerprint density at radius 3 is 2.11 bits per heavy atom. The van der Waals surface area contributed by atoms with Crippen LogP contribution >= 0.6 is 35.0 Å². The minimum atomic E-state index is -4.61. The SMILES string of the molecule is CC(=CSC(F)(F)F)C(=O)N(c1ccccc1)S(=O)(=O)c1cc(Cl)cc(Cl)c1. The molecule has 2 aromatic carbocycles.